The molecular formula is C17H14BrNO2. The summed E-state index contributed by atoms with van der Waals surface area (Å²) >= 11 is 3.43. The fourth-order valence-corrected chi connectivity index (χ4v) is 2.90. The lowest BCUT2D eigenvalue weighted by molar-refractivity contribution is -0.110. The van der Waals surface area contributed by atoms with Gasteiger partial charge in [0, 0.05) is 21.3 Å². The van der Waals surface area contributed by atoms with Gasteiger partial charge in [-0.15, -0.1) is 0 Å². The van der Waals surface area contributed by atoms with E-state index in [1.807, 2.05) is 50.3 Å². The molecular weight excluding hydrogens is 330 g/mol. The minimum absolute atomic E-state index is 0.105. The first-order valence-electron chi connectivity index (χ1n) is 6.59. The van der Waals surface area contributed by atoms with Crippen LogP contribution in [0, 0.1) is 13.8 Å². The summed E-state index contributed by atoms with van der Waals surface area (Å²) < 4.78 is 0.932. The number of carbonyl (C=O) groups excluding carboxylic acids is 1. The maximum atomic E-state index is 12.1. The summed E-state index contributed by atoms with van der Waals surface area (Å²) in [5, 5.41) is 12.7. The van der Waals surface area contributed by atoms with Crippen molar-refractivity contribution in [3.8, 4) is 5.75 Å². The van der Waals surface area contributed by atoms with Crippen LogP contribution in [-0.2, 0) is 4.79 Å². The number of aryl methyl sites for hydroxylation is 2. The van der Waals surface area contributed by atoms with Crippen molar-refractivity contribution in [3.63, 3.8) is 0 Å². The van der Waals surface area contributed by atoms with E-state index in [-0.39, 0.29) is 5.91 Å². The van der Waals surface area contributed by atoms with Crippen LogP contribution < -0.4 is 5.32 Å². The number of fused-ring (bicyclic) bond motifs is 1. The van der Waals surface area contributed by atoms with Crippen molar-refractivity contribution < 1.29 is 9.90 Å². The maximum Gasteiger partial charge on any atom is 0.256 e. The van der Waals surface area contributed by atoms with Crippen LogP contribution in [0.2, 0.25) is 0 Å². The highest BCUT2D eigenvalue weighted by atomic mass is 79.9. The molecule has 1 aliphatic rings. The van der Waals surface area contributed by atoms with Gasteiger partial charge in [-0.3, -0.25) is 4.79 Å². The van der Waals surface area contributed by atoms with Crippen molar-refractivity contribution in [2.24, 2.45) is 0 Å². The predicted molar refractivity (Wildman–Crippen MR) is 88.2 cm³/mol. The lowest BCUT2D eigenvalue weighted by Crippen LogP contribution is -2.03. The standard InChI is InChI=1S/C17H14BrNO2/c1-9-5-11(6-10(2)16(9)20)7-14-13-8-12(18)3-4-15(13)19-17(14)21/h3-8,20H,1-2H3,(H,19,21). The highest BCUT2D eigenvalue weighted by molar-refractivity contribution is 9.10. The molecule has 3 rings (SSSR count). The van der Waals surface area contributed by atoms with E-state index in [0.29, 0.717) is 11.3 Å². The molecule has 4 heteroatoms. The summed E-state index contributed by atoms with van der Waals surface area (Å²) in [6.45, 7) is 3.70. The Morgan fingerprint density at radius 3 is 2.48 bits per heavy atom. The van der Waals surface area contributed by atoms with Gasteiger partial charge in [0.25, 0.3) is 5.91 Å². The third-order valence-corrected chi connectivity index (χ3v) is 4.08. The van der Waals surface area contributed by atoms with Crippen LogP contribution in [0.3, 0.4) is 0 Å². The Hall–Kier alpha value is -2.07. The van der Waals surface area contributed by atoms with Gasteiger partial charge in [-0.1, -0.05) is 15.9 Å². The normalized spacial score (nSPS) is 15.2. The minimum atomic E-state index is -0.105. The van der Waals surface area contributed by atoms with Gasteiger partial charge in [0.1, 0.15) is 5.75 Å². The smallest absolute Gasteiger partial charge is 0.256 e. The molecule has 3 nitrogen and oxygen atoms in total. The van der Waals surface area contributed by atoms with Crippen molar-refractivity contribution in [1.29, 1.82) is 0 Å². The first kappa shape index (κ1) is 13.9. The maximum absolute atomic E-state index is 12.1. The van der Waals surface area contributed by atoms with Crippen LogP contribution in [-0.4, -0.2) is 11.0 Å². The molecule has 2 N–H and O–H groups in total. The number of phenols is 1. The third kappa shape index (κ3) is 2.47. The zero-order valence-corrected chi connectivity index (χ0v) is 13.3. The van der Waals surface area contributed by atoms with E-state index < -0.39 is 0 Å². The lowest BCUT2D eigenvalue weighted by Gasteiger charge is -2.06. The number of amides is 1. The Kier molecular flexibility index (Phi) is 3.33. The van der Waals surface area contributed by atoms with E-state index in [1.54, 1.807) is 0 Å². The van der Waals surface area contributed by atoms with Gasteiger partial charge >= 0.3 is 0 Å². The number of phenolic OH excluding ortho intramolecular Hbond substituents is 1. The molecule has 0 spiro atoms. The van der Waals surface area contributed by atoms with E-state index >= 15 is 0 Å². The second-order valence-corrected chi connectivity index (χ2v) is 6.12. The van der Waals surface area contributed by atoms with Crippen LogP contribution in [0.1, 0.15) is 22.3 Å². The molecule has 0 saturated carbocycles. The number of hydrogen-bond acceptors (Lipinski definition) is 2. The summed E-state index contributed by atoms with van der Waals surface area (Å²) in [6.07, 6.45) is 1.85. The average Bonchev–Trinajstić information content (AvgIpc) is 2.72. The molecule has 1 heterocycles. The summed E-state index contributed by atoms with van der Waals surface area (Å²) in [5.74, 6) is 0.197. The Morgan fingerprint density at radius 2 is 1.81 bits per heavy atom. The first-order valence-corrected chi connectivity index (χ1v) is 7.38. The predicted octanol–water partition coefficient (Wildman–Crippen LogP) is 4.26. The fourth-order valence-electron chi connectivity index (χ4n) is 2.54. The number of halogens is 1. The van der Waals surface area contributed by atoms with Gasteiger partial charge in [-0.2, -0.15) is 0 Å². The monoisotopic (exact) mass is 343 g/mol. The number of benzene rings is 2. The summed E-state index contributed by atoms with van der Waals surface area (Å²) in [6, 6.07) is 9.46. The number of carbonyl (C=O) groups is 1. The Labute approximate surface area is 131 Å². The Bertz CT molecular complexity index is 770. The molecule has 2 aromatic carbocycles. The fraction of sp³-hybridized carbons (Fsp3) is 0.118. The molecule has 0 aliphatic carbocycles. The number of hydrogen-bond donors (Lipinski definition) is 2. The van der Waals surface area contributed by atoms with E-state index in [4.69, 9.17) is 0 Å². The minimum Gasteiger partial charge on any atom is -0.507 e. The van der Waals surface area contributed by atoms with Gasteiger partial charge in [-0.05, 0) is 66.9 Å². The van der Waals surface area contributed by atoms with Gasteiger partial charge in [0.15, 0.2) is 0 Å². The molecule has 0 unspecified atom stereocenters. The zero-order valence-electron chi connectivity index (χ0n) is 11.7. The molecule has 2 aromatic rings. The van der Waals surface area contributed by atoms with Crippen molar-refractivity contribution in [3.05, 3.63) is 57.1 Å². The van der Waals surface area contributed by atoms with Crippen LogP contribution in [0.5, 0.6) is 5.75 Å². The van der Waals surface area contributed by atoms with Crippen molar-refractivity contribution in [2.75, 3.05) is 5.32 Å². The van der Waals surface area contributed by atoms with Gasteiger partial charge < -0.3 is 10.4 Å². The Morgan fingerprint density at radius 1 is 1.14 bits per heavy atom. The molecule has 0 bridgehead atoms. The van der Waals surface area contributed by atoms with Crippen molar-refractivity contribution in [1.82, 2.24) is 0 Å². The van der Waals surface area contributed by atoms with Gasteiger partial charge in [0.2, 0.25) is 0 Å². The quantitative estimate of drug-likeness (QED) is 0.760. The third-order valence-electron chi connectivity index (χ3n) is 3.59. The molecule has 1 aliphatic heterocycles. The highest BCUT2D eigenvalue weighted by Crippen LogP contribution is 2.35. The second kappa shape index (κ2) is 5.04. The molecule has 0 saturated heterocycles. The van der Waals surface area contributed by atoms with E-state index in [9.17, 15) is 9.90 Å². The summed E-state index contributed by atoms with van der Waals surface area (Å²) in [4.78, 5) is 12.1. The summed E-state index contributed by atoms with van der Waals surface area (Å²) in [5.41, 5.74) is 4.85. The highest BCUT2D eigenvalue weighted by Gasteiger charge is 2.24. The van der Waals surface area contributed by atoms with E-state index in [0.717, 1.165) is 32.4 Å². The molecule has 0 atom stereocenters. The number of aromatic hydroxyl groups is 1. The van der Waals surface area contributed by atoms with E-state index in [2.05, 4.69) is 21.2 Å². The van der Waals surface area contributed by atoms with Crippen molar-refractivity contribution >= 4 is 39.2 Å². The molecule has 1 amide bonds. The Balaban J connectivity index is 2.13. The van der Waals surface area contributed by atoms with Crippen LogP contribution in [0.15, 0.2) is 34.8 Å². The lowest BCUT2D eigenvalue weighted by atomic mass is 10.0. The molecule has 106 valence electrons. The summed E-state index contributed by atoms with van der Waals surface area (Å²) in [7, 11) is 0. The van der Waals surface area contributed by atoms with Crippen molar-refractivity contribution in [2.45, 2.75) is 13.8 Å². The van der Waals surface area contributed by atoms with E-state index in [1.165, 1.54) is 0 Å². The van der Waals surface area contributed by atoms with Gasteiger partial charge in [-0.25, -0.2) is 0 Å². The topological polar surface area (TPSA) is 49.3 Å². The average molecular weight is 344 g/mol. The molecule has 0 radical (unpaired) electrons. The van der Waals surface area contributed by atoms with Crippen LogP contribution in [0.25, 0.3) is 11.6 Å². The molecule has 0 fully saturated rings. The largest absolute Gasteiger partial charge is 0.507 e. The molecule has 0 aromatic heterocycles. The SMILES string of the molecule is Cc1cc(C=C2C(=O)Nc3ccc(Br)cc32)cc(C)c1O. The van der Waals surface area contributed by atoms with Crippen LogP contribution in [0.4, 0.5) is 5.69 Å². The molecule has 21 heavy (non-hydrogen) atoms. The number of rotatable bonds is 1. The second-order valence-electron chi connectivity index (χ2n) is 5.21. The van der Waals surface area contributed by atoms with Gasteiger partial charge in [0.05, 0.1) is 0 Å². The number of anilines is 1. The zero-order chi connectivity index (χ0) is 15.1. The number of nitrogens with one attached hydrogen (secondary N) is 1. The first-order chi connectivity index (χ1) is 9.95. The van der Waals surface area contributed by atoms with Crippen LogP contribution >= 0.6 is 15.9 Å².